The Balaban J connectivity index is 1.77. The van der Waals surface area contributed by atoms with Crippen LogP contribution in [0.4, 0.5) is 0 Å². The molecule has 0 spiro atoms. The predicted octanol–water partition coefficient (Wildman–Crippen LogP) is 2.13. The quantitative estimate of drug-likeness (QED) is 0.562. The van der Waals surface area contributed by atoms with E-state index in [9.17, 15) is 8.42 Å². The first-order valence-corrected chi connectivity index (χ1v) is 7.52. The van der Waals surface area contributed by atoms with Crippen molar-refractivity contribution >= 4 is 10.1 Å². The molecule has 2 rings (SSSR count). The Morgan fingerprint density at radius 1 is 1.17 bits per heavy atom. The van der Waals surface area contributed by atoms with E-state index in [2.05, 4.69) is 0 Å². The molecule has 0 unspecified atom stereocenters. The monoisotopic (exact) mass is 270 g/mol. The van der Waals surface area contributed by atoms with Gasteiger partial charge in [0.15, 0.2) is 0 Å². The standard InChI is InChI=1S/C13H18O4S/c1-11-2-6-13(7-3-11)18(14,15)17-9-8-16-10-12-4-5-12/h2-3,6-7,12H,4-5,8-10H2,1H3. The van der Waals surface area contributed by atoms with Crippen LogP contribution in [0.3, 0.4) is 0 Å². The molecule has 1 aliphatic carbocycles. The van der Waals surface area contributed by atoms with Crippen molar-refractivity contribution in [3.8, 4) is 0 Å². The zero-order chi connectivity index (χ0) is 13.0. The summed E-state index contributed by atoms with van der Waals surface area (Å²) in [5.41, 5.74) is 1.02. The lowest BCUT2D eigenvalue weighted by atomic mass is 10.2. The van der Waals surface area contributed by atoms with E-state index in [1.54, 1.807) is 24.3 Å². The number of aryl methyl sites for hydroxylation is 1. The van der Waals surface area contributed by atoms with Gasteiger partial charge in [0.05, 0.1) is 18.1 Å². The molecule has 0 atom stereocenters. The van der Waals surface area contributed by atoms with E-state index in [0.29, 0.717) is 19.1 Å². The second kappa shape index (κ2) is 5.82. The molecule has 1 fully saturated rings. The number of benzene rings is 1. The third-order valence-electron chi connectivity index (χ3n) is 2.83. The highest BCUT2D eigenvalue weighted by Crippen LogP contribution is 2.28. The fourth-order valence-electron chi connectivity index (χ4n) is 1.51. The van der Waals surface area contributed by atoms with Crippen molar-refractivity contribution in [3.63, 3.8) is 0 Å². The number of hydrogen-bond donors (Lipinski definition) is 0. The van der Waals surface area contributed by atoms with Crippen LogP contribution in [0.5, 0.6) is 0 Å². The van der Waals surface area contributed by atoms with Gasteiger partial charge in [0.1, 0.15) is 0 Å². The van der Waals surface area contributed by atoms with Crippen molar-refractivity contribution in [3.05, 3.63) is 29.8 Å². The second-order valence-electron chi connectivity index (χ2n) is 4.61. The SMILES string of the molecule is Cc1ccc(S(=O)(=O)OCCOCC2CC2)cc1. The summed E-state index contributed by atoms with van der Waals surface area (Å²) in [6.07, 6.45) is 2.45. The third kappa shape index (κ3) is 4.08. The molecule has 1 saturated carbocycles. The molecule has 0 radical (unpaired) electrons. The van der Waals surface area contributed by atoms with Crippen LogP contribution in [0.15, 0.2) is 29.2 Å². The fourth-order valence-corrected chi connectivity index (χ4v) is 2.40. The number of rotatable bonds is 7. The first-order valence-electron chi connectivity index (χ1n) is 6.12. The lowest BCUT2D eigenvalue weighted by Crippen LogP contribution is -2.12. The van der Waals surface area contributed by atoms with Gasteiger partial charge in [-0.2, -0.15) is 8.42 Å². The van der Waals surface area contributed by atoms with E-state index in [4.69, 9.17) is 8.92 Å². The smallest absolute Gasteiger partial charge is 0.297 e. The molecule has 100 valence electrons. The Kier molecular flexibility index (Phi) is 4.37. The normalized spacial score (nSPS) is 15.8. The maximum atomic E-state index is 11.8. The van der Waals surface area contributed by atoms with Crippen LogP contribution in [0, 0.1) is 12.8 Å². The van der Waals surface area contributed by atoms with Crippen LogP contribution in [-0.4, -0.2) is 28.2 Å². The van der Waals surface area contributed by atoms with Gasteiger partial charge >= 0.3 is 0 Å². The first kappa shape index (κ1) is 13.5. The highest BCUT2D eigenvalue weighted by atomic mass is 32.2. The average Bonchev–Trinajstić information content (AvgIpc) is 3.13. The minimum atomic E-state index is -3.64. The summed E-state index contributed by atoms with van der Waals surface area (Å²) in [6.45, 7) is 3.02. The molecule has 0 saturated heterocycles. The molecule has 0 aromatic heterocycles. The molecule has 0 aliphatic heterocycles. The van der Waals surface area contributed by atoms with E-state index < -0.39 is 10.1 Å². The lowest BCUT2D eigenvalue weighted by molar-refractivity contribution is 0.0946. The minimum absolute atomic E-state index is 0.0724. The second-order valence-corrected chi connectivity index (χ2v) is 6.22. The van der Waals surface area contributed by atoms with E-state index >= 15 is 0 Å². The van der Waals surface area contributed by atoms with E-state index in [1.807, 2.05) is 6.92 Å². The number of ether oxygens (including phenoxy) is 1. The van der Waals surface area contributed by atoms with E-state index in [1.165, 1.54) is 12.8 Å². The molecule has 4 nitrogen and oxygen atoms in total. The van der Waals surface area contributed by atoms with Crippen LogP contribution in [0.25, 0.3) is 0 Å². The summed E-state index contributed by atoms with van der Waals surface area (Å²) in [7, 11) is -3.64. The summed E-state index contributed by atoms with van der Waals surface area (Å²) in [5, 5.41) is 0. The minimum Gasteiger partial charge on any atom is -0.379 e. The maximum Gasteiger partial charge on any atom is 0.297 e. The first-order chi connectivity index (χ1) is 8.58. The summed E-state index contributed by atoms with van der Waals surface area (Å²) in [5.74, 6) is 0.679. The molecule has 5 heteroatoms. The molecule has 1 aromatic carbocycles. The van der Waals surface area contributed by atoms with Crippen molar-refractivity contribution in [2.45, 2.75) is 24.7 Å². The molecule has 0 N–H and O–H groups in total. The van der Waals surface area contributed by atoms with Gasteiger partial charge in [0, 0.05) is 6.61 Å². The Hall–Kier alpha value is -0.910. The van der Waals surface area contributed by atoms with Crippen LogP contribution in [0.2, 0.25) is 0 Å². The molecule has 18 heavy (non-hydrogen) atoms. The van der Waals surface area contributed by atoms with Crippen LogP contribution < -0.4 is 0 Å². The van der Waals surface area contributed by atoms with Gasteiger partial charge in [-0.15, -0.1) is 0 Å². The summed E-state index contributed by atoms with van der Waals surface area (Å²) in [4.78, 5) is 0.190. The summed E-state index contributed by atoms with van der Waals surface area (Å²) < 4.78 is 33.8. The predicted molar refractivity (Wildman–Crippen MR) is 67.9 cm³/mol. The van der Waals surface area contributed by atoms with Crippen molar-refractivity contribution < 1.29 is 17.3 Å². The topological polar surface area (TPSA) is 52.6 Å². The lowest BCUT2D eigenvalue weighted by Gasteiger charge is -2.06. The summed E-state index contributed by atoms with van der Waals surface area (Å²) in [6, 6.07) is 6.60. The van der Waals surface area contributed by atoms with Gasteiger partial charge in [-0.25, -0.2) is 0 Å². The van der Waals surface area contributed by atoms with Gasteiger partial charge in [-0.1, -0.05) is 17.7 Å². The van der Waals surface area contributed by atoms with Gasteiger partial charge in [-0.05, 0) is 37.8 Å². The van der Waals surface area contributed by atoms with Gasteiger partial charge in [0.2, 0.25) is 0 Å². The fraction of sp³-hybridized carbons (Fsp3) is 0.538. The molecule has 0 amide bonds. The Bertz CT molecular complexity index is 474. The highest BCUT2D eigenvalue weighted by Gasteiger charge is 2.21. The maximum absolute atomic E-state index is 11.8. The third-order valence-corrected chi connectivity index (χ3v) is 4.15. The van der Waals surface area contributed by atoms with Crippen LogP contribution in [0.1, 0.15) is 18.4 Å². The average molecular weight is 270 g/mol. The zero-order valence-corrected chi connectivity index (χ0v) is 11.3. The number of hydrogen-bond acceptors (Lipinski definition) is 4. The van der Waals surface area contributed by atoms with Gasteiger partial charge in [-0.3, -0.25) is 4.18 Å². The van der Waals surface area contributed by atoms with Crippen LogP contribution in [-0.2, 0) is 19.0 Å². The van der Waals surface area contributed by atoms with Crippen molar-refractivity contribution in [1.29, 1.82) is 0 Å². The molecular formula is C13H18O4S. The molecular weight excluding hydrogens is 252 g/mol. The van der Waals surface area contributed by atoms with E-state index in [0.717, 1.165) is 5.56 Å². The van der Waals surface area contributed by atoms with Crippen molar-refractivity contribution in [2.75, 3.05) is 19.8 Å². The largest absolute Gasteiger partial charge is 0.379 e. The Morgan fingerprint density at radius 2 is 1.83 bits per heavy atom. The molecule has 0 bridgehead atoms. The zero-order valence-electron chi connectivity index (χ0n) is 10.5. The summed E-state index contributed by atoms with van der Waals surface area (Å²) >= 11 is 0. The van der Waals surface area contributed by atoms with Crippen molar-refractivity contribution in [1.82, 2.24) is 0 Å². The Morgan fingerprint density at radius 3 is 2.44 bits per heavy atom. The van der Waals surface area contributed by atoms with Crippen LogP contribution >= 0.6 is 0 Å². The van der Waals surface area contributed by atoms with Gasteiger partial charge < -0.3 is 4.74 Å². The molecule has 0 heterocycles. The molecule has 1 aliphatic rings. The Labute approximate surface area is 108 Å². The van der Waals surface area contributed by atoms with E-state index in [-0.39, 0.29) is 11.5 Å². The van der Waals surface area contributed by atoms with Crippen molar-refractivity contribution in [2.24, 2.45) is 5.92 Å². The molecule has 1 aromatic rings. The van der Waals surface area contributed by atoms with Gasteiger partial charge in [0.25, 0.3) is 10.1 Å². The highest BCUT2D eigenvalue weighted by molar-refractivity contribution is 7.86.